The summed E-state index contributed by atoms with van der Waals surface area (Å²) in [6.45, 7) is 6.66. The lowest BCUT2D eigenvalue weighted by molar-refractivity contribution is -0.253. The van der Waals surface area contributed by atoms with E-state index in [2.05, 4.69) is 16.8 Å². The minimum Gasteiger partial charge on any atom is -0.445 e. The second kappa shape index (κ2) is 16.5. The van der Waals surface area contributed by atoms with Gasteiger partial charge in [-0.2, -0.15) is 0 Å². The zero-order valence-electron chi connectivity index (χ0n) is 27.0. The van der Waals surface area contributed by atoms with Crippen molar-refractivity contribution in [2.24, 2.45) is 0 Å². The van der Waals surface area contributed by atoms with Crippen molar-refractivity contribution in [3.05, 3.63) is 144 Å². The number of rotatable bonds is 13. The molecule has 0 spiro atoms. The number of carbonyl (C=O) groups is 1. The van der Waals surface area contributed by atoms with E-state index in [1.165, 1.54) is 6.08 Å². The second-order valence-corrected chi connectivity index (χ2v) is 11.9. The summed E-state index contributed by atoms with van der Waals surface area (Å²) in [5, 5.41) is 23.4. The average Bonchev–Trinajstić information content (AvgIpc) is 3.13. The highest BCUT2D eigenvalue weighted by Gasteiger charge is 2.34. The van der Waals surface area contributed by atoms with Crippen LogP contribution in [0.15, 0.2) is 116 Å². The maximum Gasteiger partial charge on any atom is 0.407 e. The molecule has 1 aliphatic rings. The van der Waals surface area contributed by atoms with Crippen LogP contribution < -0.4 is 5.32 Å². The molecule has 0 bridgehead atoms. The highest BCUT2D eigenvalue weighted by atomic mass is 16.7. The van der Waals surface area contributed by atoms with Gasteiger partial charge in [-0.25, -0.2) is 4.79 Å². The summed E-state index contributed by atoms with van der Waals surface area (Å²) >= 11 is 0. The van der Waals surface area contributed by atoms with E-state index in [-0.39, 0.29) is 31.5 Å². The standard InChI is InChI=1S/C39H44N2O6/c1-4-22-45-39(44)40-24-33-12-8-9-13-35(33)29-18-20-32(21-19-29)38-46-34(23-36(47-38)30-16-14-28(26-42)15-17-30)25-41(3)27(2)37(43)31-10-6-5-7-11-31/h4-21,27,34,36-38,42-43H,1,22-26H2,2-3H3,(H,40,44)/t27-,34+,36-,37-,38-/m1/s1. The Labute approximate surface area is 277 Å². The number of nitrogens with zero attached hydrogens (tertiary/aromatic N) is 1. The number of hydrogen-bond acceptors (Lipinski definition) is 7. The van der Waals surface area contributed by atoms with Gasteiger partial charge in [0.05, 0.1) is 24.9 Å². The van der Waals surface area contributed by atoms with Crippen molar-refractivity contribution < 1.29 is 29.2 Å². The van der Waals surface area contributed by atoms with E-state index < -0.39 is 18.5 Å². The largest absolute Gasteiger partial charge is 0.445 e. The van der Waals surface area contributed by atoms with Gasteiger partial charge in [-0.3, -0.25) is 4.90 Å². The van der Waals surface area contributed by atoms with Crippen molar-refractivity contribution in [1.82, 2.24) is 10.2 Å². The Bertz CT molecular complexity index is 1580. The van der Waals surface area contributed by atoms with Crippen LogP contribution in [0.1, 0.15) is 59.7 Å². The summed E-state index contributed by atoms with van der Waals surface area (Å²) in [7, 11) is 2.01. The number of alkyl carbamates (subject to hydrolysis) is 1. The third-order valence-corrected chi connectivity index (χ3v) is 8.67. The number of likely N-dealkylation sites (N-methyl/N-ethyl adjacent to an activating group) is 1. The number of hydrogen-bond donors (Lipinski definition) is 3. The number of carbonyl (C=O) groups excluding carboxylic acids is 1. The summed E-state index contributed by atoms with van der Waals surface area (Å²) < 4.78 is 18.2. The number of benzene rings is 4. The van der Waals surface area contributed by atoms with Gasteiger partial charge in [0.25, 0.3) is 0 Å². The molecule has 0 saturated carbocycles. The van der Waals surface area contributed by atoms with E-state index in [0.717, 1.165) is 38.9 Å². The minimum atomic E-state index is -0.637. The SMILES string of the molecule is C=CCOC(=O)NCc1ccccc1-c1ccc([C@@H]2O[C@H](CN(C)[C@H](C)[C@@H](O)c3ccccc3)C[C@H](c3ccc(CO)cc3)O2)cc1. The predicted octanol–water partition coefficient (Wildman–Crippen LogP) is 6.86. The van der Waals surface area contributed by atoms with Crippen LogP contribution in [0.25, 0.3) is 11.1 Å². The van der Waals surface area contributed by atoms with Gasteiger partial charge in [-0.15, -0.1) is 0 Å². The third kappa shape index (κ3) is 8.94. The van der Waals surface area contributed by atoms with Crippen molar-refractivity contribution in [3.8, 4) is 11.1 Å². The van der Waals surface area contributed by atoms with Gasteiger partial charge in [-0.05, 0) is 47.4 Å². The molecule has 4 aromatic rings. The first-order chi connectivity index (χ1) is 22.9. The van der Waals surface area contributed by atoms with Gasteiger partial charge < -0.3 is 29.7 Å². The van der Waals surface area contributed by atoms with Crippen molar-refractivity contribution in [2.75, 3.05) is 20.2 Å². The summed E-state index contributed by atoms with van der Waals surface area (Å²) in [4.78, 5) is 14.1. The lowest BCUT2D eigenvalue weighted by atomic mass is 9.97. The molecule has 3 N–H and O–H groups in total. The Balaban J connectivity index is 1.33. The summed E-state index contributed by atoms with van der Waals surface area (Å²) in [5.41, 5.74) is 6.59. The van der Waals surface area contributed by atoms with Crippen molar-refractivity contribution >= 4 is 6.09 Å². The maximum atomic E-state index is 12.0. The molecule has 246 valence electrons. The summed E-state index contributed by atoms with van der Waals surface area (Å²) in [6.07, 6.45) is 0.0429. The monoisotopic (exact) mass is 636 g/mol. The van der Waals surface area contributed by atoms with Gasteiger partial charge in [0.2, 0.25) is 0 Å². The molecule has 5 atom stereocenters. The van der Waals surface area contributed by atoms with E-state index in [0.29, 0.717) is 19.5 Å². The molecular formula is C39H44N2O6. The summed E-state index contributed by atoms with van der Waals surface area (Å²) in [6, 6.07) is 33.4. The van der Waals surface area contributed by atoms with E-state index in [1.807, 2.05) is 117 Å². The number of ether oxygens (including phenoxy) is 3. The van der Waals surface area contributed by atoms with E-state index in [4.69, 9.17) is 14.2 Å². The third-order valence-electron chi connectivity index (χ3n) is 8.67. The highest BCUT2D eigenvalue weighted by Crippen LogP contribution is 2.39. The first kappa shape index (κ1) is 34.0. The first-order valence-electron chi connectivity index (χ1n) is 16.0. The molecule has 8 heteroatoms. The Hall–Kier alpha value is -4.31. The van der Waals surface area contributed by atoms with Gasteiger partial charge in [0, 0.05) is 31.1 Å². The highest BCUT2D eigenvalue weighted by molar-refractivity contribution is 5.70. The molecule has 8 nitrogen and oxygen atoms in total. The van der Waals surface area contributed by atoms with Crippen LogP contribution in [0.2, 0.25) is 0 Å². The molecule has 1 heterocycles. The van der Waals surface area contributed by atoms with E-state index in [9.17, 15) is 15.0 Å². The normalized spacial score (nSPS) is 19.1. The van der Waals surface area contributed by atoms with Crippen LogP contribution in [-0.2, 0) is 27.4 Å². The molecular weight excluding hydrogens is 592 g/mol. The fourth-order valence-corrected chi connectivity index (χ4v) is 5.82. The lowest BCUT2D eigenvalue weighted by Gasteiger charge is -2.39. The first-order valence-corrected chi connectivity index (χ1v) is 16.0. The summed E-state index contributed by atoms with van der Waals surface area (Å²) in [5.74, 6) is 0. The van der Waals surface area contributed by atoms with Crippen LogP contribution in [0.5, 0.6) is 0 Å². The predicted molar refractivity (Wildman–Crippen MR) is 182 cm³/mol. The van der Waals surface area contributed by atoms with Crippen molar-refractivity contribution in [3.63, 3.8) is 0 Å². The molecule has 4 aromatic carbocycles. The molecule has 47 heavy (non-hydrogen) atoms. The number of amides is 1. The molecule has 1 aliphatic heterocycles. The van der Waals surface area contributed by atoms with Crippen molar-refractivity contribution in [1.29, 1.82) is 0 Å². The quantitative estimate of drug-likeness (QED) is 0.138. The molecule has 0 aliphatic carbocycles. The van der Waals surface area contributed by atoms with Gasteiger partial charge >= 0.3 is 6.09 Å². The number of nitrogens with one attached hydrogen (secondary N) is 1. The van der Waals surface area contributed by atoms with Gasteiger partial charge in [-0.1, -0.05) is 116 Å². The molecule has 0 radical (unpaired) electrons. The van der Waals surface area contributed by atoms with E-state index >= 15 is 0 Å². The van der Waals surface area contributed by atoms with Crippen LogP contribution in [0.4, 0.5) is 4.79 Å². The Kier molecular flexibility index (Phi) is 11.9. The topological polar surface area (TPSA) is 100 Å². The maximum absolute atomic E-state index is 12.0. The van der Waals surface area contributed by atoms with Crippen LogP contribution in [0, 0.1) is 0 Å². The van der Waals surface area contributed by atoms with Crippen LogP contribution in [-0.4, -0.2) is 53.6 Å². The fraction of sp³-hybridized carbons (Fsp3) is 0.308. The molecule has 1 saturated heterocycles. The van der Waals surface area contributed by atoms with Crippen LogP contribution in [0.3, 0.4) is 0 Å². The molecule has 0 aromatic heterocycles. The molecule has 0 unspecified atom stereocenters. The smallest absolute Gasteiger partial charge is 0.407 e. The average molecular weight is 637 g/mol. The Morgan fingerprint density at radius 1 is 0.979 bits per heavy atom. The van der Waals surface area contributed by atoms with E-state index in [1.54, 1.807) is 0 Å². The fourth-order valence-electron chi connectivity index (χ4n) is 5.82. The zero-order valence-corrected chi connectivity index (χ0v) is 27.0. The number of aliphatic hydroxyl groups excluding tert-OH is 2. The zero-order chi connectivity index (χ0) is 33.2. The lowest BCUT2D eigenvalue weighted by Crippen LogP contribution is -2.43. The van der Waals surface area contributed by atoms with Gasteiger partial charge in [0.1, 0.15) is 6.61 Å². The molecule has 1 amide bonds. The van der Waals surface area contributed by atoms with Crippen LogP contribution >= 0.6 is 0 Å². The number of aliphatic hydroxyl groups is 2. The van der Waals surface area contributed by atoms with Gasteiger partial charge in [0.15, 0.2) is 6.29 Å². The molecule has 1 fully saturated rings. The van der Waals surface area contributed by atoms with Crippen molar-refractivity contribution in [2.45, 2.75) is 57.1 Å². The minimum absolute atomic E-state index is 0.0163. The Morgan fingerprint density at radius 2 is 1.66 bits per heavy atom. The molecule has 5 rings (SSSR count). The second-order valence-electron chi connectivity index (χ2n) is 11.9. The Morgan fingerprint density at radius 3 is 2.36 bits per heavy atom.